The smallest absolute Gasteiger partial charge is 0.338 e. The minimum atomic E-state index is -0.404. The van der Waals surface area contributed by atoms with Crippen LogP contribution in [0, 0.1) is 6.92 Å². The highest BCUT2D eigenvalue weighted by Crippen LogP contribution is 2.34. The van der Waals surface area contributed by atoms with Crippen LogP contribution in [-0.4, -0.2) is 51.8 Å². The molecule has 3 heterocycles. The standard InChI is InChI=1S/C29H30N4O4S2/c1-4-32-15-14-22-23(16-32)39-26-25(22)27(35)33(21-12-6-18(3)7-13-21)29(31-26)38-17-24(34)30-20-10-8-19(9-11-20)28(36)37-5-2/h6-13H,4-5,14-17H2,1-3H3,(H,30,34). The van der Waals surface area contributed by atoms with Crippen molar-refractivity contribution in [1.29, 1.82) is 0 Å². The van der Waals surface area contributed by atoms with Gasteiger partial charge >= 0.3 is 5.97 Å². The first-order valence-corrected chi connectivity index (χ1v) is 14.7. The fraction of sp³-hybridized carbons (Fsp3) is 0.310. The Kier molecular flexibility index (Phi) is 8.15. The molecule has 2 aromatic heterocycles. The summed E-state index contributed by atoms with van der Waals surface area (Å²) in [6.07, 6.45) is 0.831. The van der Waals surface area contributed by atoms with E-state index in [4.69, 9.17) is 9.72 Å². The highest BCUT2D eigenvalue weighted by Gasteiger charge is 2.25. The van der Waals surface area contributed by atoms with E-state index in [1.54, 1.807) is 47.1 Å². The number of fused-ring (bicyclic) bond motifs is 3. The van der Waals surface area contributed by atoms with Crippen molar-refractivity contribution in [3.05, 3.63) is 80.5 Å². The Morgan fingerprint density at radius 1 is 1.10 bits per heavy atom. The number of anilines is 1. The van der Waals surface area contributed by atoms with Gasteiger partial charge in [-0.15, -0.1) is 11.3 Å². The van der Waals surface area contributed by atoms with Crippen LogP contribution in [0.25, 0.3) is 15.9 Å². The van der Waals surface area contributed by atoms with Gasteiger partial charge in [-0.3, -0.25) is 19.1 Å². The van der Waals surface area contributed by atoms with Gasteiger partial charge in [0.05, 0.1) is 29.0 Å². The number of carbonyl (C=O) groups excluding carboxylic acids is 2. The number of hydrogen-bond acceptors (Lipinski definition) is 8. The van der Waals surface area contributed by atoms with Gasteiger partial charge in [-0.2, -0.15) is 0 Å². The second kappa shape index (κ2) is 11.7. The van der Waals surface area contributed by atoms with Crippen LogP contribution in [0.2, 0.25) is 0 Å². The van der Waals surface area contributed by atoms with E-state index in [1.165, 1.54) is 16.6 Å². The van der Waals surface area contributed by atoms with Gasteiger partial charge in [0.25, 0.3) is 5.56 Å². The number of nitrogens with zero attached hydrogens (tertiary/aromatic N) is 3. The van der Waals surface area contributed by atoms with Crippen LogP contribution in [0.1, 0.15) is 40.2 Å². The Morgan fingerprint density at radius 3 is 2.54 bits per heavy atom. The van der Waals surface area contributed by atoms with Crippen LogP contribution in [0.3, 0.4) is 0 Å². The van der Waals surface area contributed by atoms with Gasteiger partial charge < -0.3 is 10.1 Å². The number of aryl methyl sites for hydroxylation is 1. The highest BCUT2D eigenvalue weighted by molar-refractivity contribution is 7.99. The molecule has 0 fully saturated rings. The number of nitrogens with one attached hydrogen (secondary N) is 1. The van der Waals surface area contributed by atoms with Crippen molar-refractivity contribution >= 4 is 50.9 Å². The lowest BCUT2D eigenvalue weighted by Gasteiger charge is -2.25. The van der Waals surface area contributed by atoms with E-state index in [0.717, 1.165) is 47.7 Å². The first kappa shape index (κ1) is 27.1. The number of thiophene rings is 1. The van der Waals surface area contributed by atoms with Crippen molar-refractivity contribution < 1.29 is 14.3 Å². The van der Waals surface area contributed by atoms with Crippen LogP contribution >= 0.6 is 23.1 Å². The van der Waals surface area contributed by atoms with E-state index < -0.39 is 5.97 Å². The summed E-state index contributed by atoms with van der Waals surface area (Å²) in [5, 5.41) is 4.03. The van der Waals surface area contributed by atoms with Crippen molar-refractivity contribution in [2.75, 3.05) is 30.8 Å². The van der Waals surface area contributed by atoms with Crippen LogP contribution in [0.5, 0.6) is 0 Å². The summed E-state index contributed by atoms with van der Waals surface area (Å²) in [6.45, 7) is 8.93. The number of amides is 1. The molecule has 0 saturated carbocycles. The average Bonchev–Trinajstić information content (AvgIpc) is 3.31. The van der Waals surface area contributed by atoms with Crippen molar-refractivity contribution in [3.8, 4) is 5.69 Å². The molecule has 1 aliphatic heterocycles. The first-order chi connectivity index (χ1) is 18.9. The zero-order chi connectivity index (χ0) is 27.5. The Labute approximate surface area is 235 Å². The summed E-state index contributed by atoms with van der Waals surface area (Å²) < 4.78 is 6.63. The fourth-order valence-electron chi connectivity index (χ4n) is 4.60. The number of carbonyl (C=O) groups is 2. The van der Waals surface area contributed by atoms with Crippen LogP contribution in [0.4, 0.5) is 5.69 Å². The van der Waals surface area contributed by atoms with E-state index in [9.17, 15) is 14.4 Å². The molecule has 1 aliphatic rings. The minimum absolute atomic E-state index is 0.0676. The second-order valence-corrected chi connectivity index (χ2v) is 11.3. The lowest BCUT2D eigenvalue weighted by molar-refractivity contribution is -0.113. The summed E-state index contributed by atoms with van der Waals surface area (Å²) in [7, 11) is 0. The van der Waals surface area contributed by atoms with E-state index in [-0.39, 0.29) is 17.2 Å². The number of thioether (sulfide) groups is 1. The molecular formula is C29H30N4O4S2. The SMILES string of the molecule is CCOC(=O)c1ccc(NC(=O)CSc2nc3sc4c(c3c(=O)n2-c2ccc(C)cc2)CCN(CC)C4)cc1. The van der Waals surface area contributed by atoms with Crippen molar-refractivity contribution in [3.63, 3.8) is 0 Å². The van der Waals surface area contributed by atoms with Crippen molar-refractivity contribution in [2.45, 2.75) is 38.9 Å². The maximum absolute atomic E-state index is 14.0. The lowest BCUT2D eigenvalue weighted by Crippen LogP contribution is -2.30. The van der Waals surface area contributed by atoms with Gasteiger partial charge in [-0.1, -0.05) is 36.4 Å². The number of ether oxygens (including phenoxy) is 1. The third kappa shape index (κ3) is 5.78. The van der Waals surface area contributed by atoms with Gasteiger partial charge in [0.1, 0.15) is 4.83 Å². The Hall–Kier alpha value is -3.47. The van der Waals surface area contributed by atoms with E-state index in [1.807, 2.05) is 31.2 Å². The number of esters is 1. The molecule has 0 spiro atoms. The summed E-state index contributed by atoms with van der Waals surface area (Å²) in [5.74, 6) is -0.574. The zero-order valence-electron chi connectivity index (χ0n) is 22.2. The molecule has 0 aliphatic carbocycles. The van der Waals surface area contributed by atoms with Gasteiger partial charge in [-0.25, -0.2) is 9.78 Å². The molecule has 0 unspecified atom stereocenters. The number of aromatic nitrogens is 2. The average molecular weight is 563 g/mol. The Bertz CT molecular complexity index is 1580. The number of benzene rings is 2. The van der Waals surface area contributed by atoms with E-state index in [0.29, 0.717) is 28.4 Å². The third-order valence-corrected chi connectivity index (χ3v) is 8.72. The molecule has 39 heavy (non-hydrogen) atoms. The molecule has 202 valence electrons. The molecule has 0 radical (unpaired) electrons. The maximum Gasteiger partial charge on any atom is 0.338 e. The quantitative estimate of drug-likeness (QED) is 0.183. The predicted molar refractivity (Wildman–Crippen MR) is 156 cm³/mol. The van der Waals surface area contributed by atoms with Gasteiger partial charge in [0, 0.05) is 23.7 Å². The second-order valence-electron chi connectivity index (χ2n) is 9.31. The Morgan fingerprint density at radius 2 is 1.85 bits per heavy atom. The lowest BCUT2D eigenvalue weighted by atomic mass is 10.1. The van der Waals surface area contributed by atoms with Crippen LogP contribution in [0.15, 0.2) is 58.5 Å². The normalized spacial score (nSPS) is 13.3. The molecule has 10 heteroatoms. The number of likely N-dealkylation sites (N-methyl/N-ethyl adjacent to an activating group) is 1. The summed E-state index contributed by atoms with van der Waals surface area (Å²) in [5.41, 5.74) is 3.82. The summed E-state index contributed by atoms with van der Waals surface area (Å²) in [4.78, 5) is 47.9. The fourth-order valence-corrected chi connectivity index (χ4v) is 6.71. The van der Waals surface area contributed by atoms with Crippen molar-refractivity contribution in [1.82, 2.24) is 14.5 Å². The Balaban J connectivity index is 1.42. The molecule has 8 nitrogen and oxygen atoms in total. The van der Waals surface area contributed by atoms with Crippen LogP contribution < -0.4 is 10.9 Å². The van der Waals surface area contributed by atoms with Crippen molar-refractivity contribution in [2.24, 2.45) is 0 Å². The van der Waals surface area contributed by atoms with Gasteiger partial charge in [0.15, 0.2) is 5.16 Å². The molecule has 0 bridgehead atoms. The minimum Gasteiger partial charge on any atom is -0.462 e. The van der Waals surface area contributed by atoms with Gasteiger partial charge in [-0.05, 0) is 68.8 Å². The highest BCUT2D eigenvalue weighted by atomic mass is 32.2. The maximum atomic E-state index is 14.0. The zero-order valence-corrected chi connectivity index (χ0v) is 23.8. The molecule has 1 N–H and O–H groups in total. The summed E-state index contributed by atoms with van der Waals surface area (Å²) in [6, 6.07) is 14.3. The number of hydrogen-bond donors (Lipinski definition) is 1. The molecule has 4 aromatic rings. The molecule has 5 rings (SSSR count). The third-order valence-electron chi connectivity index (χ3n) is 6.67. The van der Waals surface area contributed by atoms with Gasteiger partial charge in [0.2, 0.25) is 5.91 Å². The largest absolute Gasteiger partial charge is 0.462 e. The predicted octanol–water partition coefficient (Wildman–Crippen LogP) is 5.04. The molecule has 0 saturated heterocycles. The molecule has 2 aromatic carbocycles. The molecule has 0 atom stereocenters. The molecule has 1 amide bonds. The summed E-state index contributed by atoms with van der Waals surface area (Å²) >= 11 is 2.81. The van der Waals surface area contributed by atoms with Crippen LogP contribution in [-0.2, 0) is 22.5 Å². The van der Waals surface area contributed by atoms with E-state index >= 15 is 0 Å². The first-order valence-electron chi connectivity index (χ1n) is 12.9. The monoisotopic (exact) mass is 562 g/mol. The van der Waals surface area contributed by atoms with E-state index in [2.05, 4.69) is 17.1 Å². The topological polar surface area (TPSA) is 93.5 Å². The number of rotatable bonds is 8. The molecular weight excluding hydrogens is 532 g/mol.